The number of nitrogens with zero attached hydrogens (tertiary/aromatic N) is 1. The zero-order chi connectivity index (χ0) is 40.8. The van der Waals surface area contributed by atoms with Crippen molar-refractivity contribution < 1.29 is 4.74 Å². The van der Waals surface area contributed by atoms with Gasteiger partial charge in [-0.2, -0.15) is 0 Å². The second-order valence-corrected chi connectivity index (χ2v) is 15.1. The van der Waals surface area contributed by atoms with Gasteiger partial charge in [-0.3, -0.25) is 0 Å². The van der Waals surface area contributed by atoms with Crippen molar-refractivity contribution in [3.63, 3.8) is 0 Å². The van der Waals surface area contributed by atoms with Gasteiger partial charge in [0.2, 0.25) is 0 Å². The molecule has 0 spiro atoms. The molecule has 0 amide bonds. The van der Waals surface area contributed by atoms with E-state index in [9.17, 15) is 0 Å². The summed E-state index contributed by atoms with van der Waals surface area (Å²) in [5.74, 6) is 0.835. The molecule has 1 atom stereocenters. The Morgan fingerprint density at radius 3 is 2.17 bits per heavy atom. The van der Waals surface area contributed by atoms with E-state index in [1.807, 2.05) is 18.4 Å². The number of hydrogen-bond donors (Lipinski definition) is 0. The second kappa shape index (κ2) is 17.3. The van der Waals surface area contributed by atoms with E-state index in [2.05, 4.69) is 221 Å². The molecule has 0 saturated heterocycles. The number of fused-ring (bicyclic) bond motifs is 3. The maximum atomic E-state index is 6.29. The van der Waals surface area contributed by atoms with Crippen LogP contribution in [-0.4, -0.2) is 10.9 Å². The highest BCUT2D eigenvalue weighted by Crippen LogP contribution is 2.50. The number of benzene rings is 6. The van der Waals surface area contributed by atoms with E-state index < -0.39 is 5.41 Å². The van der Waals surface area contributed by atoms with Gasteiger partial charge in [0.1, 0.15) is 5.75 Å². The van der Waals surface area contributed by atoms with Crippen LogP contribution in [-0.2, 0) is 5.41 Å². The summed E-state index contributed by atoms with van der Waals surface area (Å²) < 4.78 is 6.29. The molecule has 2 aliphatic rings. The fourth-order valence-electron chi connectivity index (χ4n) is 9.00. The van der Waals surface area contributed by atoms with Crippen molar-refractivity contribution in [3.8, 4) is 5.75 Å². The number of hydrogen-bond acceptors (Lipinski definition) is 2. The van der Waals surface area contributed by atoms with E-state index in [-0.39, 0.29) is 6.04 Å². The predicted molar refractivity (Wildman–Crippen MR) is 252 cm³/mol. The first kappa shape index (κ1) is 38.9. The molecule has 0 fully saturated rings. The van der Waals surface area contributed by atoms with Crippen LogP contribution < -0.4 is 4.74 Å². The van der Waals surface area contributed by atoms with E-state index >= 15 is 0 Å². The maximum Gasteiger partial charge on any atom is 0.133 e. The van der Waals surface area contributed by atoms with Gasteiger partial charge >= 0.3 is 0 Å². The van der Waals surface area contributed by atoms with E-state index in [4.69, 9.17) is 11.3 Å². The average Bonchev–Trinajstić information content (AvgIpc) is 3.67. The number of rotatable bonds is 10. The van der Waals surface area contributed by atoms with Crippen LogP contribution >= 0.6 is 0 Å². The summed E-state index contributed by atoms with van der Waals surface area (Å²) in [6.45, 7) is 13.5. The highest BCUT2D eigenvalue weighted by Gasteiger charge is 2.40. The molecule has 0 radical (unpaired) electrons. The molecule has 0 saturated carbocycles. The van der Waals surface area contributed by atoms with E-state index in [0.29, 0.717) is 0 Å². The van der Waals surface area contributed by atoms with Gasteiger partial charge < -0.3 is 9.64 Å². The number of allylic oxidation sites excluding steroid dienone is 8. The van der Waals surface area contributed by atoms with Gasteiger partial charge in [-0.15, -0.1) is 0 Å². The van der Waals surface area contributed by atoms with Crippen molar-refractivity contribution in [2.45, 2.75) is 45.6 Å². The molecular weight excluding hydrogens is 715 g/mol. The third-order valence-electron chi connectivity index (χ3n) is 11.8. The summed E-state index contributed by atoms with van der Waals surface area (Å²) >= 11 is 0. The standard InChI is InChI=1S/C57H51NO/c1-6-22-50-42(5)53(39-44-24-15-17-31-51(44)50)49(7-2)55(8-3)58(48-30-21-25-43-23-16-20-34-56(43)59-38-37-48)41(4)35-36-45-40-57(46-26-11-9-12-27-46,47-28-13-10-14-29-47)54-33-19-18-32-52(45)54/h6-29,31-40,48H,4,30H2,1-3,5H3/b22-6-,25-21+,36-35-,38-37+,49-7-,55-8+. The van der Waals surface area contributed by atoms with E-state index in [0.717, 1.165) is 40.3 Å². The summed E-state index contributed by atoms with van der Waals surface area (Å²) in [5.41, 5.74) is 13.5. The lowest BCUT2D eigenvalue weighted by Crippen LogP contribution is -2.32. The summed E-state index contributed by atoms with van der Waals surface area (Å²) in [6, 6.07) is 49.7. The number of para-hydroxylation sites is 1. The Kier molecular flexibility index (Phi) is 11.4. The smallest absolute Gasteiger partial charge is 0.133 e. The molecule has 0 aromatic heterocycles. The van der Waals surface area contributed by atoms with Gasteiger partial charge in [0.25, 0.3) is 0 Å². The molecule has 6 aromatic carbocycles. The third kappa shape index (κ3) is 7.39. The Morgan fingerprint density at radius 1 is 0.763 bits per heavy atom. The van der Waals surface area contributed by atoms with Crippen LogP contribution in [0.5, 0.6) is 5.75 Å². The fourth-order valence-corrected chi connectivity index (χ4v) is 9.00. The summed E-state index contributed by atoms with van der Waals surface area (Å²) in [5, 5.41) is 2.46. The zero-order valence-electron chi connectivity index (χ0n) is 34.5. The Balaban J connectivity index is 1.26. The van der Waals surface area contributed by atoms with Gasteiger partial charge in [0, 0.05) is 22.5 Å². The predicted octanol–water partition coefficient (Wildman–Crippen LogP) is 14.7. The van der Waals surface area contributed by atoms with Crippen LogP contribution in [0.3, 0.4) is 0 Å². The first-order valence-electron chi connectivity index (χ1n) is 20.7. The Morgan fingerprint density at radius 2 is 1.44 bits per heavy atom. The second-order valence-electron chi connectivity index (χ2n) is 15.1. The van der Waals surface area contributed by atoms with Crippen LogP contribution in [0.25, 0.3) is 34.1 Å². The lowest BCUT2D eigenvalue weighted by atomic mass is 9.71. The quantitative estimate of drug-likeness (QED) is 0.129. The zero-order valence-corrected chi connectivity index (χ0v) is 34.5. The normalized spacial score (nSPS) is 17.4. The highest BCUT2D eigenvalue weighted by atomic mass is 16.5. The molecule has 1 unspecified atom stereocenters. The van der Waals surface area contributed by atoms with Gasteiger partial charge in [-0.1, -0.05) is 183 Å². The van der Waals surface area contributed by atoms with Crippen LogP contribution in [0.2, 0.25) is 0 Å². The SMILES string of the molecule is C=C(/C=C\C1=CC(c2ccccc2)(c2ccccc2)c2ccccc21)N(C(=C/C)/C(=C\C)c1cc2ccccc2c(/C=C\C)c1C)C1/C=C/Oc2ccccc2/C=C/C1. The molecule has 1 aliphatic carbocycles. The Labute approximate surface area is 350 Å². The van der Waals surface area contributed by atoms with Crippen LogP contribution in [0.1, 0.15) is 71.7 Å². The first-order chi connectivity index (χ1) is 29.0. The Hall–Kier alpha value is -6.90. The van der Waals surface area contributed by atoms with Crippen molar-refractivity contribution in [1.82, 2.24) is 4.90 Å². The summed E-state index contributed by atoms with van der Waals surface area (Å²) in [7, 11) is 0. The minimum Gasteiger partial charge on any atom is -0.465 e. The van der Waals surface area contributed by atoms with Crippen molar-refractivity contribution in [2.24, 2.45) is 0 Å². The van der Waals surface area contributed by atoms with Crippen molar-refractivity contribution >= 4 is 34.1 Å². The van der Waals surface area contributed by atoms with Crippen molar-refractivity contribution in [1.29, 1.82) is 0 Å². The average molecular weight is 766 g/mol. The van der Waals surface area contributed by atoms with Gasteiger partial charge in [-0.25, -0.2) is 0 Å². The van der Waals surface area contributed by atoms with Crippen LogP contribution in [0.4, 0.5) is 0 Å². The maximum absolute atomic E-state index is 6.29. The lowest BCUT2D eigenvalue weighted by molar-refractivity contribution is 0.379. The minimum atomic E-state index is -0.442. The van der Waals surface area contributed by atoms with Crippen LogP contribution in [0, 0.1) is 6.92 Å². The Bertz CT molecular complexity index is 2680. The molecule has 0 N–H and O–H groups in total. The van der Waals surface area contributed by atoms with Crippen molar-refractivity contribution in [2.75, 3.05) is 0 Å². The summed E-state index contributed by atoms with van der Waals surface area (Å²) in [6.07, 6.45) is 24.9. The first-order valence-corrected chi connectivity index (χ1v) is 20.7. The van der Waals surface area contributed by atoms with E-state index in [1.54, 1.807) is 0 Å². The fraction of sp³-hybridized carbons (Fsp3) is 0.123. The molecule has 2 nitrogen and oxygen atoms in total. The topological polar surface area (TPSA) is 12.5 Å². The summed E-state index contributed by atoms with van der Waals surface area (Å²) in [4.78, 5) is 2.39. The third-order valence-corrected chi connectivity index (χ3v) is 11.8. The monoisotopic (exact) mass is 765 g/mol. The van der Waals surface area contributed by atoms with Crippen molar-refractivity contribution in [3.05, 3.63) is 257 Å². The molecule has 290 valence electrons. The molecule has 6 aromatic rings. The molecular formula is C57H51NO. The molecule has 2 heteroatoms. The van der Waals surface area contributed by atoms with E-state index in [1.165, 1.54) is 49.7 Å². The molecule has 59 heavy (non-hydrogen) atoms. The van der Waals surface area contributed by atoms with Gasteiger partial charge in [0.05, 0.1) is 17.7 Å². The molecule has 1 heterocycles. The van der Waals surface area contributed by atoms with Gasteiger partial charge in [0.15, 0.2) is 0 Å². The largest absolute Gasteiger partial charge is 0.465 e. The highest BCUT2D eigenvalue weighted by molar-refractivity contribution is 5.97. The molecule has 1 aliphatic heterocycles. The molecule has 0 bridgehead atoms. The molecule has 8 rings (SSSR count). The lowest BCUT2D eigenvalue weighted by Gasteiger charge is -2.35. The number of ether oxygens (including phenoxy) is 1. The van der Waals surface area contributed by atoms with Crippen LogP contribution in [0.15, 0.2) is 212 Å². The van der Waals surface area contributed by atoms with Gasteiger partial charge in [-0.05, 0) is 114 Å². The minimum absolute atomic E-state index is 0.104.